The van der Waals surface area contributed by atoms with Gasteiger partial charge < -0.3 is 5.32 Å². The highest BCUT2D eigenvalue weighted by molar-refractivity contribution is 5.13. The van der Waals surface area contributed by atoms with E-state index in [4.69, 9.17) is 0 Å². The van der Waals surface area contributed by atoms with Crippen LogP contribution in [0.5, 0.6) is 0 Å². The first-order valence-electron chi connectivity index (χ1n) is 6.37. The van der Waals surface area contributed by atoms with Gasteiger partial charge in [0.1, 0.15) is 0 Å². The van der Waals surface area contributed by atoms with Crippen LogP contribution in [0.1, 0.15) is 51.6 Å². The minimum absolute atomic E-state index is 0.470. The van der Waals surface area contributed by atoms with Crippen LogP contribution in [0.15, 0.2) is 24.5 Å². The molecule has 0 bridgehead atoms. The van der Waals surface area contributed by atoms with Crippen molar-refractivity contribution in [3.05, 3.63) is 30.1 Å². The molecule has 0 fully saturated rings. The number of rotatable bonds is 7. The lowest BCUT2D eigenvalue weighted by Gasteiger charge is -2.18. The summed E-state index contributed by atoms with van der Waals surface area (Å²) in [7, 11) is 0. The van der Waals surface area contributed by atoms with Gasteiger partial charge in [-0.3, -0.25) is 4.98 Å². The number of nitrogens with zero attached hydrogens (tertiary/aromatic N) is 1. The van der Waals surface area contributed by atoms with E-state index in [2.05, 4.69) is 37.1 Å². The van der Waals surface area contributed by atoms with E-state index in [0.717, 1.165) is 12.5 Å². The fourth-order valence-corrected chi connectivity index (χ4v) is 1.95. The number of nitrogens with one attached hydrogen (secondary N) is 1. The largest absolute Gasteiger partial charge is 0.310 e. The average Bonchev–Trinajstić information content (AvgIpc) is 2.29. The van der Waals surface area contributed by atoms with E-state index in [1.165, 1.54) is 24.8 Å². The topological polar surface area (TPSA) is 24.9 Å². The summed E-state index contributed by atoms with van der Waals surface area (Å²) in [5.41, 5.74) is 1.31. The zero-order valence-corrected chi connectivity index (χ0v) is 10.7. The van der Waals surface area contributed by atoms with Crippen LogP contribution in [0.4, 0.5) is 0 Å². The fraction of sp³-hybridized carbons (Fsp3) is 0.643. The maximum absolute atomic E-state index is 4.19. The van der Waals surface area contributed by atoms with Crippen molar-refractivity contribution < 1.29 is 0 Å². The minimum Gasteiger partial charge on any atom is -0.310 e. The lowest BCUT2D eigenvalue weighted by atomic mass is 9.99. The predicted octanol–water partition coefficient (Wildman–Crippen LogP) is 3.56. The van der Waals surface area contributed by atoms with Gasteiger partial charge in [-0.15, -0.1) is 0 Å². The summed E-state index contributed by atoms with van der Waals surface area (Å²) in [6.07, 6.45) is 7.60. The maximum atomic E-state index is 4.19. The van der Waals surface area contributed by atoms with Gasteiger partial charge in [0, 0.05) is 18.4 Å². The van der Waals surface area contributed by atoms with Crippen LogP contribution in [0.3, 0.4) is 0 Å². The van der Waals surface area contributed by atoms with Crippen molar-refractivity contribution in [3.63, 3.8) is 0 Å². The Kier molecular flexibility index (Phi) is 6.09. The Labute approximate surface area is 99.5 Å². The van der Waals surface area contributed by atoms with Gasteiger partial charge in [0.15, 0.2) is 0 Å². The molecule has 1 unspecified atom stereocenters. The summed E-state index contributed by atoms with van der Waals surface area (Å²) < 4.78 is 0. The Hall–Kier alpha value is -0.890. The van der Waals surface area contributed by atoms with Crippen molar-refractivity contribution in [1.82, 2.24) is 10.3 Å². The molecule has 0 aromatic carbocycles. The zero-order valence-electron chi connectivity index (χ0n) is 10.7. The van der Waals surface area contributed by atoms with Crippen molar-refractivity contribution in [2.24, 2.45) is 5.92 Å². The molecule has 1 heterocycles. The molecule has 2 heteroatoms. The molecule has 0 saturated heterocycles. The van der Waals surface area contributed by atoms with Crippen molar-refractivity contribution in [3.8, 4) is 0 Å². The van der Waals surface area contributed by atoms with Crippen LogP contribution in [0.25, 0.3) is 0 Å². The molecule has 1 N–H and O–H groups in total. The standard InChI is InChI=1S/C14H24N2/c1-4-16-14(9-5-7-12(2)3)13-8-6-10-15-11-13/h6,8,10-12,14,16H,4-5,7,9H2,1-3H3. The monoisotopic (exact) mass is 220 g/mol. The van der Waals surface area contributed by atoms with Crippen LogP contribution in [0.2, 0.25) is 0 Å². The Morgan fingerprint density at radius 2 is 2.12 bits per heavy atom. The Morgan fingerprint density at radius 3 is 2.69 bits per heavy atom. The van der Waals surface area contributed by atoms with Crippen LogP contribution >= 0.6 is 0 Å². The van der Waals surface area contributed by atoms with Crippen LogP contribution in [-0.4, -0.2) is 11.5 Å². The minimum atomic E-state index is 0.470. The molecule has 0 amide bonds. The molecular weight excluding hydrogens is 196 g/mol. The third kappa shape index (κ3) is 4.75. The molecule has 0 aliphatic rings. The Balaban J connectivity index is 2.48. The van der Waals surface area contributed by atoms with Crippen molar-refractivity contribution in [1.29, 1.82) is 0 Å². The molecule has 1 rings (SSSR count). The summed E-state index contributed by atoms with van der Waals surface area (Å²) in [6, 6.07) is 4.65. The highest BCUT2D eigenvalue weighted by Gasteiger charge is 2.09. The van der Waals surface area contributed by atoms with Gasteiger partial charge in [0.05, 0.1) is 0 Å². The van der Waals surface area contributed by atoms with Gasteiger partial charge >= 0.3 is 0 Å². The predicted molar refractivity (Wildman–Crippen MR) is 69.3 cm³/mol. The van der Waals surface area contributed by atoms with E-state index >= 15 is 0 Å². The van der Waals surface area contributed by atoms with E-state index < -0.39 is 0 Å². The third-order valence-corrected chi connectivity index (χ3v) is 2.81. The summed E-state index contributed by atoms with van der Waals surface area (Å²) in [6.45, 7) is 7.74. The number of hydrogen-bond acceptors (Lipinski definition) is 2. The molecule has 1 aromatic rings. The molecule has 0 aliphatic carbocycles. The SMILES string of the molecule is CCNC(CCCC(C)C)c1cccnc1. The van der Waals surface area contributed by atoms with Gasteiger partial charge in [0.2, 0.25) is 0 Å². The summed E-state index contributed by atoms with van der Waals surface area (Å²) in [4.78, 5) is 4.19. The van der Waals surface area contributed by atoms with Crippen molar-refractivity contribution >= 4 is 0 Å². The fourth-order valence-electron chi connectivity index (χ4n) is 1.95. The quantitative estimate of drug-likeness (QED) is 0.760. The van der Waals surface area contributed by atoms with Crippen molar-refractivity contribution in [2.75, 3.05) is 6.54 Å². The second-order valence-corrected chi connectivity index (χ2v) is 4.72. The first kappa shape index (κ1) is 13.2. The number of aromatic nitrogens is 1. The number of pyridine rings is 1. The molecule has 1 atom stereocenters. The van der Waals surface area contributed by atoms with E-state index in [9.17, 15) is 0 Å². The first-order chi connectivity index (χ1) is 7.74. The molecule has 0 radical (unpaired) electrons. The van der Waals surface area contributed by atoms with Crippen LogP contribution in [0, 0.1) is 5.92 Å². The lowest BCUT2D eigenvalue weighted by Crippen LogP contribution is -2.21. The number of hydrogen-bond donors (Lipinski definition) is 1. The van der Waals surface area contributed by atoms with Gasteiger partial charge in [0.25, 0.3) is 0 Å². The Bertz CT molecular complexity index is 269. The highest BCUT2D eigenvalue weighted by atomic mass is 14.9. The average molecular weight is 220 g/mol. The summed E-state index contributed by atoms with van der Waals surface area (Å²) >= 11 is 0. The molecule has 0 saturated carbocycles. The second-order valence-electron chi connectivity index (χ2n) is 4.72. The molecule has 1 aromatic heterocycles. The summed E-state index contributed by atoms with van der Waals surface area (Å²) in [5.74, 6) is 0.802. The third-order valence-electron chi connectivity index (χ3n) is 2.81. The molecule has 2 nitrogen and oxygen atoms in total. The Morgan fingerprint density at radius 1 is 1.31 bits per heavy atom. The highest BCUT2D eigenvalue weighted by Crippen LogP contribution is 2.19. The smallest absolute Gasteiger partial charge is 0.0335 e. The van der Waals surface area contributed by atoms with E-state index in [1.54, 1.807) is 0 Å². The second kappa shape index (κ2) is 7.39. The normalized spacial score (nSPS) is 13.0. The van der Waals surface area contributed by atoms with Gasteiger partial charge in [-0.2, -0.15) is 0 Å². The molecule has 16 heavy (non-hydrogen) atoms. The molecule has 90 valence electrons. The van der Waals surface area contributed by atoms with Crippen LogP contribution < -0.4 is 5.32 Å². The van der Waals surface area contributed by atoms with Crippen molar-refractivity contribution in [2.45, 2.75) is 46.1 Å². The molecule has 0 spiro atoms. The first-order valence-corrected chi connectivity index (χ1v) is 6.37. The van der Waals surface area contributed by atoms with E-state index in [1.807, 2.05) is 18.5 Å². The van der Waals surface area contributed by atoms with Gasteiger partial charge in [-0.05, 0) is 30.5 Å². The molecular formula is C14H24N2. The maximum Gasteiger partial charge on any atom is 0.0335 e. The van der Waals surface area contributed by atoms with Crippen LogP contribution in [-0.2, 0) is 0 Å². The van der Waals surface area contributed by atoms with E-state index in [-0.39, 0.29) is 0 Å². The summed E-state index contributed by atoms with van der Waals surface area (Å²) in [5, 5.41) is 3.53. The van der Waals surface area contributed by atoms with Gasteiger partial charge in [-0.1, -0.05) is 39.7 Å². The zero-order chi connectivity index (χ0) is 11.8. The van der Waals surface area contributed by atoms with Gasteiger partial charge in [-0.25, -0.2) is 0 Å². The van der Waals surface area contributed by atoms with E-state index in [0.29, 0.717) is 6.04 Å². The molecule has 0 aliphatic heterocycles. The lowest BCUT2D eigenvalue weighted by molar-refractivity contribution is 0.454.